The molecule has 0 aromatic carbocycles. The fourth-order valence-electron chi connectivity index (χ4n) is 2.49. The first kappa shape index (κ1) is 25.4. The van der Waals surface area contributed by atoms with Crippen LogP contribution in [0.1, 0.15) is 12.8 Å². The van der Waals surface area contributed by atoms with E-state index in [0.717, 1.165) is 7.11 Å². The van der Waals surface area contributed by atoms with E-state index in [0.29, 0.717) is 0 Å². The minimum Gasteiger partial charge on any atom is -0.789 e. The number of aliphatic hydroxyl groups is 1. The van der Waals surface area contributed by atoms with E-state index in [1.54, 1.807) is 0 Å². The lowest BCUT2D eigenvalue weighted by Gasteiger charge is -2.42. The summed E-state index contributed by atoms with van der Waals surface area (Å²) in [5.74, 6) is 0. The smallest absolute Gasteiger partial charge is 0.325 e. The molecule has 1 rings (SSSR count). The summed E-state index contributed by atoms with van der Waals surface area (Å²) in [5, 5.41) is 10.1. The fraction of sp³-hybridized carbons (Fsp3) is 0.900. The third kappa shape index (κ3) is 6.40. The summed E-state index contributed by atoms with van der Waals surface area (Å²) in [7, 11) is -9.06. The molecule has 0 spiro atoms. The predicted octanol–water partition coefficient (Wildman–Crippen LogP) is -1.71. The SMILES string of the molecule is [B][C@@H]1O[C@](CCP(=O)(O)O)(CC(F)(F)P(=O)([O-])O)C(OP(=C)([O-])OC)[C@@H]1O. The van der Waals surface area contributed by atoms with Gasteiger partial charge >= 0.3 is 13.3 Å². The Morgan fingerprint density at radius 1 is 1.33 bits per heavy atom. The summed E-state index contributed by atoms with van der Waals surface area (Å²) in [6.07, 6.45) is -5.01. The highest BCUT2D eigenvalue weighted by Gasteiger charge is 2.60. The predicted molar refractivity (Wildman–Crippen MR) is 86.2 cm³/mol. The highest BCUT2D eigenvalue weighted by molar-refractivity contribution is 7.57. The Labute approximate surface area is 154 Å². The lowest BCUT2D eigenvalue weighted by Crippen LogP contribution is -2.50. The Kier molecular flexibility index (Phi) is 7.72. The van der Waals surface area contributed by atoms with Gasteiger partial charge in [0.15, 0.2) is 0 Å². The van der Waals surface area contributed by atoms with Gasteiger partial charge in [-0.1, -0.05) is 6.30 Å². The van der Waals surface area contributed by atoms with Crippen molar-refractivity contribution in [1.29, 1.82) is 0 Å². The van der Waals surface area contributed by atoms with Gasteiger partial charge < -0.3 is 47.9 Å². The molecule has 1 aliphatic rings. The summed E-state index contributed by atoms with van der Waals surface area (Å²) in [6, 6.07) is -1.77. The molecule has 1 heterocycles. The van der Waals surface area contributed by atoms with Crippen molar-refractivity contribution < 1.29 is 61.3 Å². The first-order valence-electron chi connectivity index (χ1n) is 7.12. The van der Waals surface area contributed by atoms with Gasteiger partial charge in [0.25, 0.3) is 0 Å². The maximum absolute atomic E-state index is 14.0. The zero-order valence-electron chi connectivity index (χ0n) is 13.9. The number of rotatable bonds is 9. The summed E-state index contributed by atoms with van der Waals surface area (Å²) in [6.45, 7) is 0. The zero-order chi connectivity index (χ0) is 21.5. The minimum absolute atomic E-state index is 0.876. The van der Waals surface area contributed by atoms with Gasteiger partial charge in [-0.25, -0.2) is 0 Å². The monoisotopic (exact) mass is 456 g/mol. The van der Waals surface area contributed by atoms with Crippen LogP contribution in [0.2, 0.25) is 0 Å². The molecule has 6 atom stereocenters. The number of aliphatic hydroxyl groups excluding tert-OH is 1. The maximum Gasteiger partial charge on any atom is 0.325 e. The number of hydrogen-bond donors (Lipinski definition) is 4. The minimum atomic E-state index is -6.30. The molecule has 1 aliphatic heterocycles. The van der Waals surface area contributed by atoms with E-state index >= 15 is 0 Å². The maximum atomic E-state index is 14.0. The normalized spacial score (nSPS) is 34.2. The van der Waals surface area contributed by atoms with Gasteiger partial charge in [-0.15, -0.1) is 0 Å². The average Bonchev–Trinajstić information content (AvgIpc) is 2.68. The largest absolute Gasteiger partial charge is 0.789 e. The molecule has 17 heteroatoms. The molecule has 27 heavy (non-hydrogen) atoms. The van der Waals surface area contributed by atoms with Crippen LogP contribution in [-0.4, -0.2) is 76.7 Å². The molecule has 11 nitrogen and oxygen atoms in total. The second kappa shape index (κ2) is 8.22. The van der Waals surface area contributed by atoms with Crippen LogP contribution in [0.5, 0.6) is 0 Å². The fourth-order valence-corrected chi connectivity index (χ4v) is 4.38. The van der Waals surface area contributed by atoms with Crippen molar-refractivity contribution >= 4 is 36.9 Å². The zero-order valence-corrected chi connectivity index (χ0v) is 16.6. The molecule has 0 saturated carbocycles. The molecule has 3 unspecified atom stereocenters. The Bertz CT molecular complexity index is 681. The van der Waals surface area contributed by atoms with Gasteiger partial charge in [-0.2, -0.15) is 8.78 Å². The molecule has 0 amide bonds. The molecule has 1 fully saturated rings. The van der Waals surface area contributed by atoms with Crippen molar-refractivity contribution in [3.05, 3.63) is 0 Å². The van der Waals surface area contributed by atoms with Crippen molar-refractivity contribution in [2.75, 3.05) is 13.3 Å². The molecular weight excluding hydrogens is 438 g/mol. The standard InChI is InChI=1S/C10H19BF2O11P3/c1-22-25(2,15)24-7-6(14)8(11)23-9(7,3-4-26(16,17)18)5-10(12,13)27(19,20)21/h6-8,14H,2-5H2,1H3,(H4-,15,16,17,18,19,20,21)/q-1/p-1/t6-,7?,8+,9+,25?/m0/s1. The number of alkyl halides is 2. The molecule has 0 aromatic rings. The van der Waals surface area contributed by atoms with Gasteiger partial charge in [-0.3, -0.25) is 4.57 Å². The van der Waals surface area contributed by atoms with Crippen molar-refractivity contribution in [2.45, 2.75) is 42.3 Å². The highest BCUT2D eigenvalue weighted by Crippen LogP contribution is 2.58. The van der Waals surface area contributed by atoms with Crippen molar-refractivity contribution in [2.24, 2.45) is 0 Å². The lowest BCUT2D eigenvalue weighted by atomic mass is 9.86. The first-order chi connectivity index (χ1) is 11.9. The first-order valence-corrected chi connectivity index (χ1v) is 12.2. The molecular formula is C10H18BF2O11P3-2. The quantitative estimate of drug-likeness (QED) is 0.229. The van der Waals surface area contributed by atoms with Crippen LogP contribution in [0, 0.1) is 0 Å². The number of ether oxygens (including phenoxy) is 1. The van der Waals surface area contributed by atoms with Gasteiger partial charge in [0.2, 0.25) is 7.60 Å². The second-order valence-corrected chi connectivity index (χ2v) is 11.2. The van der Waals surface area contributed by atoms with E-state index in [2.05, 4.69) is 10.8 Å². The molecule has 0 aliphatic carbocycles. The summed E-state index contributed by atoms with van der Waals surface area (Å²) >= 11 is 0. The molecule has 158 valence electrons. The van der Waals surface area contributed by atoms with E-state index in [9.17, 15) is 32.8 Å². The Morgan fingerprint density at radius 2 is 1.85 bits per heavy atom. The second-order valence-electron chi connectivity index (χ2n) is 5.96. The molecule has 0 bridgehead atoms. The van der Waals surface area contributed by atoms with Gasteiger partial charge in [0, 0.05) is 20.7 Å². The molecule has 2 radical (unpaired) electrons. The van der Waals surface area contributed by atoms with Crippen molar-refractivity contribution in [1.82, 2.24) is 0 Å². The van der Waals surface area contributed by atoms with Crippen molar-refractivity contribution in [3.8, 4) is 0 Å². The van der Waals surface area contributed by atoms with Crippen LogP contribution in [-0.2, 0) is 22.9 Å². The van der Waals surface area contributed by atoms with Crippen LogP contribution >= 0.6 is 22.8 Å². The Balaban J connectivity index is 3.41. The topological polar surface area (TPSA) is 189 Å². The van der Waals surface area contributed by atoms with Crippen LogP contribution in [0.4, 0.5) is 8.78 Å². The molecule has 4 N–H and O–H groups in total. The number of hydrogen-bond acceptors (Lipinski definition) is 8. The van der Waals surface area contributed by atoms with Gasteiger partial charge in [0.1, 0.15) is 25.7 Å². The third-order valence-electron chi connectivity index (χ3n) is 3.84. The van der Waals surface area contributed by atoms with E-state index in [4.69, 9.17) is 31.8 Å². The Hall–Kier alpha value is 0.325. The van der Waals surface area contributed by atoms with Crippen LogP contribution < -0.4 is 9.79 Å². The third-order valence-corrected chi connectivity index (χ3v) is 6.74. The molecule has 0 aromatic heterocycles. The molecule has 1 saturated heterocycles. The number of halogens is 2. The summed E-state index contributed by atoms with van der Waals surface area (Å²) in [5.41, 5.74) is -7.51. The van der Waals surface area contributed by atoms with E-state index in [-0.39, 0.29) is 0 Å². The van der Waals surface area contributed by atoms with E-state index in [1.165, 1.54) is 0 Å². The Morgan fingerprint density at radius 3 is 2.26 bits per heavy atom. The van der Waals surface area contributed by atoms with E-state index < -0.39 is 71.2 Å². The summed E-state index contributed by atoms with van der Waals surface area (Å²) < 4.78 is 64.4. The van der Waals surface area contributed by atoms with E-state index in [1.807, 2.05) is 0 Å². The van der Waals surface area contributed by atoms with Crippen molar-refractivity contribution in [3.63, 3.8) is 0 Å². The summed E-state index contributed by atoms with van der Waals surface area (Å²) in [4.78, 5) is 49.8. The average molecular weight is 456 g/mol. The van der Waals surface area contributed by atoms with Crippen LogP contribution in [0.25, 0.3) is 0 Å². The van der Waals surface area contributed by atoms with Gasteiger partial charge in [-0.05, 0) is 6.42 Å². The van der Waals surface area contributed by atoms with Gasteiger partial charge in [0.05, 0.1) is 12.6 Å². The van der Waals surface area contributed by atoms with Crippen LogP contribution in [0.3, 0.4) is 0 Å². The lowest BCUT2D eigenvalue weighted by molar-refractivity contribution is -0.228. The van der Waals surface area contributed by atoms with Crippen LogP contribution in [0.15, 0.2) is 0 Å². The highest BCUT2D eigenvalue weighted by atomic mass is 31.2.